The summed E-state index contributed by atoms with van der Waals surface area (Å²) < 4.78 is 10.9. The van der Waals surface area contributed by atoms with Crippen LogP contribution in [0.3, 0.4) is 0 Å². The first-order valence-electron chi connectivity index (χ1n) is 10.2. The number of aromatic nitrogens is 3. The van der Waals surface area contributed by atoms with E-state index in [1.807, 2.05) is 42.5 Å². The molecule has 0 fully saturated rings. The topological polar surface area (TPSA) is 113 Å². The molecule has 0 spiro atoms. The summed E-state index contributed by atoms with van der Waals surface area (Å²) in [5.74, 6) is 2.10. The highest BCUT2D eigenvalue weighted by Crippen LogP contribution is 2.19. The molecule has 0 saturated carbocycles. The normalized spacial score (nSPS) is 10.3. The molecule has 164 valence electrons. The number of methoxy groups -OCH3 is 1. The van der Waals surface area contributed by atoms with Gasteiger partial charge in [0.1, 0.15) is 23.9 Å². The van der Waals surface area contributed by atoms with Crippen LogP contribution in [0.15, 0.2) is 72.8 Å². The predicted octanol–water partition coefficient (Wildman–Crippen LogP) is 3.86. The van der Waals surface area contributed by atoms with E-state index in [0.29, 0.717) is 28.5 Å². The lowest BCUT2D eigenvalue weighted by molar-refractivity contribution is 0.0949. The Hall–Kier alpha value is -4.64. The van der Waals surface area contributed by atoms with E-state index in [1.54, 1.807) is 37.4 Å². The van der Waals surface area contributed by atoms with Crippen molar-refractivity contribution >= 4 is 5.91 Å². The first kappa shape index (κ1) is 21.6. The molecule has 3 aromatic carbocycles. The number of ether oxygens (including phenoxy) is 2. The molecule has 8 heteroatoms. The lowest BCUT2D eigenvalue weighted by Gasteiger charge is -2.09. The molecule has 0 saturated heterocycles. The van der Waals surface area contributed by atoms with Gasteiger partial charge in [0.05, 0.1) is 25.3 Å². The summed E-state index contributed by atoms with van der Waals surface area (Å²) in [6, 6.07) is 23.7. The number of H-pyrrole nitrogens is 1. The summed E-state index contributed by atoms with van der Waals surface area (Å²) in [5, 5.41) is 19.1. The van der Waals surface area contributed by atoms with Gasteiger partial charge in [-0.05, 0) is 48.5 Å². The highest BCUT2D eigenvalue weighted by atomic mass is 16.5. The number of carbonyl (C=O) groups excluding carboxylic acids is 1. The van der Waals surface area contributed by atoms with Crippen LogP contribution in [0.1, 0.15) is 27.3 Å². The van der Waals surface area contributed by atoms with Gasteiger partial charge in [-0.25, -0.2) is 4.98 Å². The van der Waals surface area contributed by atoms with E-state index in [4.69, 9.17) is 9.47 Å². The second kappa shape index (κ2) is 10.1. The molecule has 1 amide bonds. The fraction of sp³-hybridized carbons (Fsp3) is 0.120. The first-order valence-corrected chi connectivity index (χ1v) is 10.2. The van der Waals surface area contributed by atoms with Crippen LogP contribution < -0.4 is 14.8 Å². The number of rotatable bonds is 8. The summed E-state index contributed by atoms with van der Waals surface area (Å²) >= 11 is 0. The SMILES string of the molecule is COc1ccc(-c2n[nH]c(CNC(=O)c3cccc(OCc4ccccc4C#N)c3)n2)cc1. The zero-order valence-electron chi connectivity index (χ0n) is 17.9. The lowest BCUT2D eigenvalue weighted by Crippen LogP contribution is -2.23. The maximum Gasteiger partial charge on any atom is 0.251 e. The Morgan fingerprint density at radius 3 is 2.67 bits per heavy atom. The zero-order valence-corrected chi connectivity index (χ0v) is 17.9. The van der Waals surface area contributed by atoms with Gasteiger partial charge in [-0.2, -0.15) is 10.4 Å². The lowest BCUT2D eigenvalue weighted by atomic mass is 10.1. The standard InChI is InChI=1S/C25H21N5O3/c1-32-21-11-9-17(10-12-21)24-28-23(29-30-24)15-27-25(31)18-7-4-8-22(13-18)33-16-20-6-3-2-5-19(20)14-26/h2-13H,15-16H2,1H3,(H,27,31)(H,28,29,30). The molecule has 0 aliphatic carbocycles. The van der Waals surface area contributed by atoms with Crippen molar-refractivity contribution in [3.05, 3.63) is 95.3 Å². The van der Waals surface area contributed by atoms with Crippen LogP contribution >= 0.6 is 0 Å². The Balaban J connectivity index is 1.35. The van der Waals surface area contributed by atoms with Crippen molar-refractivity contribution in [1.82, 2.24) is 20.5 Å². The fourth-order valence-electron chi connectivity index (χ4n) is 3.15. The van der Waals surface area contributed by atoms with E-state index >= 15 is 0 Å². The van der Waals surface area contributed by atoms with Crippen LogP contribution in [0, 0.1) is 11.3 Å². The van der Waals surface area contributed by atoms with Crippen molar-refractivity contribution in [1.29, 1.82) is 5.26 Å². The van der Waals surface area contributed by atoms with Gasteiger partial charge < -0.3 is 14.8 Å². The van der Waals surface area contributed by atoms with E-state index in [0.717, 1.165) is 16.9 Å². The summed E-state index contributed by atoms with van der Waals surface area (Å²) in [6.45, 7) is 0.434. The van der Waals surface area contributed by atoms with Crippen molar-refractivity contribution in [2.24, 2.45) is 0 Å². The number of nitriles is 1. The number of amides is 1. The largest absolute Gasteiger partial charge is 0.497 e. The smallest absolute Gasteiger partial charge is 0.251 e. The van der Waals surface area contributed by atoms with E-state index in [1.165, 1.54) is 0 Å². The van der Waals surface area contributed by atoms with Crippen LogP contribution in [-0.2, 0) is 13.2 Å². The van der Waals surface area contributed by atoms with Crippen molar-refractivity contribution < 1.29 is 14.3 Å². The molecule has 33 heavy (non-hydrogen) atoms. The van der Waals surface area contributed by atoms with Crippen LogP contribution in [0.4, 0.5) is 0 Å². The number of hydrogen-bond donors (Lipinski definition) is 2. The van der Waals surface area contributed by atoms with Gasteiger partial charge in [0.25, 0.3) is 5.91 Å². The minimum absolute atomic E-state index is 0.197. The number of carbonyl (C=O) groups is 1. The second-order valence-corrected chi connectivity index (χ2v) is 7.10. The van der Waals surface area contributed by atoms with Gasteiger partial charge in [0.15, 0.2) is 5.82 Å². The van der Waals surface area contributed by atoms with Gasteiger partial charge in [-0.3, -0.25) is 9.89 Å². The average Bonchev–Trinajstić information content (AvgIpc) is 3.35. The van der Waals surface area contributed by atoms with Crippen LogP contribution in [-0.4, -0.2) is 28.2 Å². The van der Waals surface area contributed by atoms with E-state index in [-0.39, 0.29) is 19.1 Å². The third-order valence-corrected chi connectivity index (χ3v) is 4.92. The van der Waals surface area contributed by atoms with Crippen molar-refractivity contribution in [2.75, 3.05) is 7.11 Å². The average molecular weight is 439 g/mol. The Morgan fingerprint density at radius 1 is 1.06 bits per heavy atom. The van der Waals surface area contributed by atoms with Gasteiger partial charge in [0, 0.05) is 16.7 Å². The minimum Gasteiger partial charge on any atom is -0.497 e. The highest BCUT2D eigenvalue weighted by molar-refractivity contribution is 5.94. The molecule has 0 aliphatic heterocycles. The summed E-state index contributed by atoms with van der Waals surface area (Å²) in [7, 11) is 1.61. The molecule has 4 aromatic rings. The maximum atomic E-state index is 12.6. The molecule has 8 nitrogen and oxygen atoms in total. The van der Waals surface area contributed by atoms with E-state index in [9.17, 15) is 10.1 Å². The Morgan fingerprint density at radius 2 is 1.88 bits per heavy atom. The minimum atomic E-state index is -0.264. The molecular weight excluding hydrogens is 418 g/mol. The number of nitrogens with one attached hydrogen (secondary N) is 2. The van der Waals surface area contributed by atoms with Crippen molar-refractivity contribution in [2.45, 2.75) is 13.2 Å². The first-order chi connectivity index (χ1) is 16.2. The predicted molar refractivity (Wildman–Crippen MR) is 121 cm³/mol. The summed E-state index contributed by atoms with van der Waals surface area (Å²) in [5.41, 5.74) is 2.64. The Bertz CT molecular complexity index is 1290. The quantitative estimate of drug-likeness (QED) is 0.431. The molecule has 0 atom stereocenters. The molecule has 1 aromatic heterocycles. The van der Waals surface area contributed by atoms with Gasteiger partial charge in [-0.1, -0.05) is 24.3 Å². The zero-order chi connectivity index (χ0) is 23.0. The number of nitrogens with zero attached hydrogens (tertiary/aromatic N) is 3. The van der Waals surface area contributed by atoms with Crippen molar-refractivity contribution in [3.63, 3.8) is 0 Å². The van der Waals surface area contributed by atoms with Crippen molar-refractivity contribution in [3.8, 4) is 29.0 Å². The third-order valence-electron chi connectivity index (χ3n) is 4.92. The number of hydrogen-bond acceptors (Lipinski definition) is 6. The second-order valence-electron chi connectivity index (χ2n) is 7.10. The molecule has 0 bridgehead atoms. The molecule has 0 radical (unpaired) electrons. The molecule has 0 unspecified atom stereocenters. The monoisotopic (exact) mass is 439 g/mol. The van der Waals surface area contributed by atoms with E-state index in [2.05, 4.69) is 26.6 Å². The van der Waals surface area contributed by atoms with Crippen LogP contribution in [0.5, 0.6) is 11.5 Å². The number of aromatic amines is 1. The van der Waals surface area contributed by atoms with Crippen LogP contribution in [0.25, 0.3) is 11.4 Å². The Kier molecular flexibility index (Phi) is 6.61. The van der Waals surface area contributed by atoms with Gasteiger partial charge >= 0.3 is 0 Å². The highest BCUT2D eigenvalue weighted by Gasteiger charge is 2.10. The summed E-state index contributed by atoms with van der Waals surface area (Å²) in [6.07, 6.45) is 0. The van der Waals surface area contributed by atoms with Gasteiger partial charge in [0.2, 0.25) is 0 Å². The molecular formula is C25H21N5O3. The third kappa shape index (κ3) is 5.35. The van der Waals surface area contributed by atoms with Crippen LogP contribution in [0.2, 0.25) is 0 Å². The van der Waals surface area contributed by atoms with E-state index < -0.39 is 0 Å². The molecule has 0 aliphatic rings. The molecule has 2 N–H and O–H groups in total. The fourth-order valence-corrected chi connectivity index (χ4v) is 3.15. The Labute approximate surface area is 190 Å². The maximum absolute atomic E-state index is 12.6. The number of benzene rings is 3. The summed E-state index contributed by atoms with van der Waals surface area (Å²) in [4.78, 5) is 17.0. The molecule has 1 heterocycles. The van der Waals surface area contributed by atoms with Gasteiger partial charge in [-0.15, -0.1) is 0 Å². The molecule has 4 rings (SSSR count).